The normalized spacial score (nSPS) is 18.7. The molecule has 0 spiro atoms. The number of rotatable bonds is 4. The summed E-state index contributed by atoms with van der Waals surface area (Å²) in [4.78, 5) is 30.3. The summed E-state index contributed by atoms with van der Waals surface area (Å²) in [6, 6.07) is 16.6. The Morgan fingerprint density at radius 3 is 2.70 bits per heavy atom. The molecule has 0 aliphatic carbocycles. The van der Waals surface area contributed by atoms with Crippen LogP contribution in [0.15, 0.2) is 79.1 Å². The lowest BCUT2D eigenvalue weighted by molar-refractivity contribution is -0.274. The fourth-order valence-electron chi connectivity index (χ4n) is 5.27. The molecule has 3 aromatic carbocycles. The molecule has 2 aliphatic heterocycles. The summed E-state index contributed by atoms with van der Waals surface area (Å²) in [7, 11) is 1.27. The molecule has 2 amide bonds. The maximum Gasteiger partial charge on any atom is 0.573 e. The highest BCUT2D eigenvalue weighted by atomic mass is 35.5. The molecule has 2 aliphatic rings. The number of anilines is 2. The van der Waals surface area contributed by atoms with Crippen LogP contribution in [0, 0.1) is 0 Å². The van der Waals surface area contributed by atoms with Gasteiger partial charge in [0, 0.05) is 39.7 Å². The van der Waals surface area contributed by atoms with Gasteiger partial charge in [0.25, 0.3) is 0 Å². The van der Waals surface area contributed by atoms with E-state index in [-0.39, 0.29) is 28.5 Å². The monoisotopic (exact) mass is 627 g/mol. The van der Waals surface area contributed by atoms with E-state index in [1.807, 2.05) is 36.4 Å². The van der Waals surface area contributed by atoms with Gasteiger partial charge in [-0.05, 0) is 54.3 Å². The molecular weight excluding hydrogens is 599 g/mol. The van der Waals surface area contributed by atoms with Crippen molar-refractivity contribution in [3.05, 3.63) is 95.2 Å². The average Bonchev–Trinajstić information content (AvgIpc) is 3.23. The summed E-state index contributed by atoms with van der Waals surface area (Å²) >= 11 is 6.11. The minimum Gasteiger partial charge on any atom is -0.453 e. The van der Waals surface area contributed by atoms with E-state index in [2.05, 4.69) is 25.6 Å². The highest BCUT2D eigenvalue weighted by Crippen LogP contribution is 2.38. The molecule has 230 valence electrons. The number of ether oxygens (including phenoxy) is 2. The third kappa shape index (κ3) is 7.72. The smallest absolute Gasteiger partial charge is 0.453 e. The molecule has 0 fully saturated rings. The van der Waals surface area contributed by atoms with E-state index in [9.17, 15) is 22.8 Å². The molecule has 3 aromatic rings. The van der Waals surface area contributed by atoms with Crippen molar-refractivity contribution in [2.45, 2.75) is 44.0 Å². The van der Waals surface area contributed by atoms with Gasteiger partial charge in [-0.15, -0.1) is 18.7 Å². The summed E-state index contributed by atoms with van der Waals surface area (Å²) in [6.07, 6.45) is 1.67. The van der Waals surface area contributed by atoms with Gasteiger partial charge in [-0.2, -0.15) is 0 Å². The number of fused-ring (bicyclic) bond motifs is 4. The van der Waals surface area contributed by atoms with Crippen molar-refractivity contribution < 1.29 is 37.1 Å². The van der Waals surface area contributed by atoms with Gasteiger partial charge in [-0.3, -0.25) is 10.1 Å². The summed E-state index contributed by atoms with van der Waals surface area (Å²) < 4.78 is 48.2. The molecule has 2 unspecified atom stereocenters. The van der Waals surface area contributed by atoms with Crippen LogP contribution in [0.25, 0.3) is 16.7 Å². The van der Waals surface area contributed by atoms with Gasteiger partial charge in [0.1, 0.15) is 12.0 Å². The first-order chi connectivity index (χ1) is 21.1. The van der Waals surface area contributed by atoms with Crippen molar-refractivity contribution in [1.82, 2.24) is 5.48 Å². The van der Waals surface area contributed by atoms with Gasteiger partial charge >= 0.3 is 12.5 Å². The van der Waals surface area contributed by atoms with E-state index >= 15 is 0 Å². The lowest BCUT2D eigenvalue weighted by Gasteiger charge is -2.26. The standard InChI is InChI=1S/C32H29ClF3N3O5/c1-42-31(41)37-23-11-12-25-20-6-4-5-19(15-20)24(7-2-3-8-30(40)38-28(25)17-23)27-13-9-21(18-43-39-27)26-16-22(33)10-14-29(26)44-32(34,35)36/h4-6,9-18,24,27,39H,2-3,7-8H2,1H3,(H,37,41)(H,38,40). The van der Waals surface area contributed by atoms with Gasteiger partial charge in [-0.1, -0.05) is 60.5 Å². The van der Waals surface area contributed by atoms with Crippen molar-refractivity contribution >= 4 is 40.5 Å². The second-order valence-corrected chi connectivity index (χ2v) is 10.7. The van der Waals surface area contributed by atoms with E-state index in [4.69, 9.17) is 16.4 Å². The molecule has 8 nitrogen and oxygen atoms in total. The fraction of sp³-hybridized carbons (Fsp3) is 0.250. The molecule has 2 heterocycles. The first kappa shape index (κ1) is 31.0. The fourth-order valence-corrected chi connectivity index (χ4v) is 5.44. The molecule has 2 bridgehead atoms. The lowest BCUT2D eigenvalue weighted by atomic mass is 9.84. The van der Waals surface area contributed by atoms with Gasteiger partial charge in [0.2, 0.25) is 5.91 Å². The Morgan fingerprint density at radius 2 is 1.91 bits per heavy atom. The molecule has 2 atom stereocenters. The predicted octanol–water partition coefficient (Wildman–Crippen LogP) is 8.18. The van der Waals surface area contributed by atoms with Crippen LogP contribution in [0.1, 0.15) is 42.7 Å². The highest BCUT2D eigenvalue weighted by molar-refractivity contribution is 6.30. The molecule has 0 aromatic heterocycles. The number of amides is 2. The van der Waals surface area contributed by atoms with Gasteiger partial charge < -0.3 is 19.6 Å². The lowest BCUT2D eigenvalue weighted by Crippen LogP contribution is -2.32. The highest BCUT2D eigenvalue weighted by Gasteiger charge is 2.33. The first-order valence-corrected chi connectivity index (χ1v) is 14.2. The molecular formula is C32H29ClF3N3O5. The predicted molar refractivity (Wildman–Crippen MR) is 161 cm³/mol. The minimum absolute atomic E-state index is 0.115. The Morgan fingerprint density at radius 1 is 1.07 bits per heavy atom. The van der Waals surface area contributed by atoms with E-state index in [1.165, 1.54) is 25.5 Å². The van der Waals surface area contributed by atoms with Gasteiger partial charge in [0.15, 0.2) is 0 Å². The SMILES string of the molecule is COC(=O)Nc1ccc2c(c1)NC(=O)CCCCC(C1C=CC(c3cc(Cl)ccc3OC(F)(F)F)=CON1)c1cccc-2c1. The summed E-state index contributed by atoms with van der Waals surface area (Å²) in [6.45, 7) is 0. The molecule has 0 saturated carbocycles. The zero-order valence-electron chi connectivity index (χ0n) is 23.5. The largest absolute Gasteiger partial charge is 0.573 e. The summed E-state index contributed by atoms with van der Waals surface area (Å²) in [5, 5.41) is 5.84. The van der Waals surface area contributed by atoms with Crippen LogP contribution in [0.5, 0.6) is 5.75 Å². The second-order valence-electron chi connectivity index (χ2n) is 10.3. The molecule has 3 N–H and O–H groups in total. The molecule has 5 rings (SSSR count). The van der Waals surface area contributed by atoms with Crippen molar-refractivity contribution in [3.8, 4) is 16.9 Å². The van der Waals surface area contributed by atoms with E-state index < -0.39 is 18.2 Å². The quantitative estimate of drug-likeness (QED) is 0.270. The zero-order chi connectivity index (χ0) is 31.3. The number of hydrogen-bond donors (Lipinski definition) is 3. The van der Waals surface area contributed by atoms with E-state index in [1.54, 1.807) is 18.2 Å². The van der Waals surface area contributed by atoms with Crippen LogP contribution in [0.3, 0.4) is 0 Å². The van der Waals surface area contributed by atoms with Gasteiger partial charge in [0.05, 0.1) is 18.8 Å². The van der Waals surface area contributed by atoms with Crippen LogP contribution in [0.2, 0.25) is 5.02 Å². The maximum absolute atomic E-state index is 13.1. The Balaban J connectivity index is 1.47. The second kappa shape index (κ2) is 13.4. The van der Waals surface area contributed by atoms with Crippen LogP contribution < -0.4 is 20.9 Å². The Hall–Kier alpha value is -4.48. The Labute approximate surface area is 256 Å². The van der Waals surface area contributed by atoms with E-state index in [0.717, 1.165) is 29.2 Å². The molecule has 0 radical (unpaired) electrons. The van der Waals surface area contributed by atoms with Crippen LogP contribution in [-0.4, -0.2) is 31.5 Å². The number of allylic oxidation sites excluding steroid dienone is 2. The van der Waals surface area contributed by atoms with Crippen molar-refractivity contribution in [2.75, 3.05) is 17.7 Å². The summed E-state index contributed by atoms with van der Waals surface area (Å²) in [5.74, 6) is -0.673. The number of methoxy groups -OCH3 is 1. The third-order valence-corrected chi connectivity index (χ3v) is 7.54. The van der Waals surface area contributed by atoms with Crippen molar-refractivity contribution in [3.63, 3.8) is 0 Å². The first-order valence-electron chi connectivity index (χ1n) is 13.8. The molecule has 0 saturated heterocycles. The van der Waals surface area contributed by atoms with Gasteiger partial charge in [-0.25, -0.2) is 4.79 Å². The summed E-state index contributed by atoms with van der Waals surface area (Å²) in [5.41, 5.74) is 7.10. The number of hydrogen-bond acceptors (Lipinski definition) is 6. The topological polar surface area (TPSA) is 97.9 Å². The van der Waals surface area contributed by atoms with Crippen molar-refractivity contribution in [2.24, 2.45) is 0 Å². The number of alkyl halides is 3. The van der Waals surface area contributed by atoms with E-state index in [0.29, 0.717) is 36.2 Å². The van der Waals surface area contributed by atoms with Crippen LogP contribution in [-0.2, 0) is 14.4 Å². The number of carbonyl (C=O) groups is 2. The van der Waals surface area contributed by atoms with Crippen molar-refractivity contribution in [1.29, 1.82) is 0 Å². The number of nitrogens with one attached hydrogen (secondary N) is 3. The number of carbonyl (C=O) groups excluding carboxylic acids is 2. The Kier molecular flexibility index (Phi) is 9.46. The molecule has 12 heteroatoms. The maximum atomic E-state index is 13.1. The number of benzene rings is 3. The zero-order valence-corrected chi connectivity index (χ0v) is 24.3. The minimum atomic E-state index is -4.88. The van der Waals surface area contributed by atoms with Crippen LogP contribution >= 0.6 is 11.6 Å². The Bertz CT molecular complexity index is 1610. The number of hydroxylamine groups is 1. The number of halogens is 4. The van der Waals surface area contributed by atoms with Crippen LogP contribution in [0.4, 0.5) is 29.3 Å². The average molecular weight is 628 g/mol. The third-order valence-electron chi connectivity index (χ3n) is 7.31. The molecule has 44 heavy (non-hydrogen) atoms.